The highest BCUT2D eigenvalue weighted by molar-refractivity contribution is 5.77. The van der Waals surface area contributed by atoms with Crippen LogP contribution in [0.3, 0.4) is 0 Å². The fourth-order valence-corrected chi connectivity index (χ4v) is 1.83. The van der Waals surface area contributed by atoms with E-state index in [1.165, 1.54) is 12.0 Å². The monoisotopic (exact) mass is 226 g/mol. The molecule has 0 bridgehead atoms. The second-order valence-corrected chi connectivity index (χ2v) is 5.36. The lowest BCUT2D eigenvalue weighted by Crippen LogP contribution is -2.31. The van der Waals surface area contributed by atoms with Crippen LogP contribution in [0.4, 0.5) is 0 Å². The number of aliphatic hydroxyl groups is 1. The Balaban J connectivity index is 2.50. The Labute approximate surface area is 97.5 Å². The van der Waals surface area contributed by atoms with Gasteiger partial charge in [-0.25, -0.2) is 4.79 Å². The summed E-state index contributed by atoms with van der Waals surface area (Å²) in [5, 5.41) is 9.68. The average Bonchev–Trinajstić information content (AvgIpc) is 2.16. The first-order valence-electron chi connectivity index (χ1n) is 5.99. The molecule has 0 saturated heterocycles. The summed E-state index contributed by atoms with van der Waals surface area (Å²) in [4.78, 5) is 11.5. The SMILES string of the molecule is CC(C)(C)OC(=O)C(O)C=C1CCCCC1. The van der Waals surface area contributed by atoms with Gasteiger partial charge in [0.15, 0.2) is 6.10 Å². The summed E-state index contributed by atoms with van der Waals surface area (Å²) in [6, 6.07) is 0. The van der Waals surface area contributed by atoms with Gasteiger partial charge in [-0.15, -0.1) is 0 Å². The number of hydrogen-bond donors (Lipinski definition) is 1. The third-order valence-electron chi connectivity index (χ3n) is 2.54. The van der Waals surface area contributed by atoms with Gasteiger partial charge >= 0.3 is 5.97 Å². The smallest absolute Gasteiger partial charge is 0.339 e. The Morgan fingerprint density at radius 2 is 1.88 bits per heavy atom. The van der Waals surface area contributed by atoms with Crippen molar-refractivity contribution in [3.05, 3.63) is 11.6 Å². The molecular weight excluding hydrogens is 204 g/mol. The molecule has 0 aliphatic heterocycles. The van der Waals surface area contributed by atoms with E-state index in [1.54, 1.807) is 26.8 Å². The van der Waals surface area contributed by atoms with Crippen LogP contribution in [0.5, 0.6) is 0 Å². The highest BCUT2D eigenvalue weighted by Crippen LogP contribution is 2.23. The first-order valence-corrected chi connectivity index (χ1v) is 5.99. The van der Waals surface area contributed by atoms with Gasteiger partial charge in [0.05, 0.1) is 0 Å². The molecule has 0 amide bonds. The molecule has 1 saturated carbocycles. The van der Waals surface area contributed by atoms with Gasteiger partial charge in [-0.2, -0.15) is 0 Å². The molecule has 1 atom stereocenters. The topological polar surface area (TPSA) is 46.5 Å². The van der Waals surface area contributed by atoms with E-state index in [0.717, 1.165) is 25.7 Å². The molecule has 0 spiro atoms. The van der Waals surface area contributed by atoms with Gasteiger partial charge in [0.25, 0.3) is 0 Å². The maximum atomic E-state index is 11.5. The lowest BCUT2D eigenvalue weighted by atomic mass is 9.94. The van der Waals surface area contributed by atoms with Crippen LogP contribution in [0.1, 0.15) is 52.9 Å². The molecule has 0 aromatic heterocycles. The number of esters is 1. The minimum Gasteiger partial charge on any atom is -0.458 e. The largest absolute Gasteiger partial charge is 0.458 e. The normalized spacial score (nSPS) is 19.1. The van der Waals surface area contributed by atoms with Crippen molar-refractivity contribution in [1.82, 2.24) is 0 Å². The molecule has 1 unspecified atom stereocenters. The van der Waals surface area contributed by atoms with Crippen molar-refractivity contribution in [2.75, 3.05) is 0 Å². The number of hydrogen-bond acceptors (Lipinski definition) is 3. The minimum absolute atomic E-state index is 0.539. The van der Waals surface area contributed by atoms with Gasteiger partial charge in [-0.05, 0) is 52.5 Å². The summed E-state index contributed by atoms with van der Waals surface area (Å²) < 4.78 is 5.11. The molecule has 1 N–H and O–H groups in total. The van der Waals surface area contributed by atoms with Crippen LogP contribution in [0, 0.1) is 0 Å². The van der Waals surface area contributed by atoms with E-state index < -0.39 is 17.7 Å². The van der Waals surface area contributed by atoms with Crippen molar-refractivity contribution >= 4 is 5.97 Å². The Morgan fingerprint density at radius 1 is 1.31 bits per heavy atom. The molecule has 92 valence electrons. The molecule has 1 aliphatic carbocycles. The predicted octanol–water partition coefficient (Wildman–Crippen LogP) is 2.58. The number of carbonyl (C=O) groups excluding carboxylic acids is 1. The number of rotatable bonds is 2. The van der Waals surface area contributed by atoms with Crippen molar-refractivity contribution in [2.45, 2.75) is 64.6 Å². The number of ether oxygens (including phenoxy) is 1. The summed E-state index contributed by atoms with van der Waals surface area (Å²) in [5.41, 5.74) is 0.646. The molecule has 3 heteroatoms. The molecule has 0 heterocycles. The first kappa shape index (κ1) is 13.2. The highest BCUT2D eigenvalue weighted by Gasteiger charge is 2.22. The summed E-state index contributed by atoms with van der Waals surface area (Å²) >= 11 is 0. The zero-order chi connectivity index (χ0) is 12.2. The van der Waals surface area contributed by atoms with Crippen molar-refractivity contribution in [2.24, 2.45) is 0 Å². The van der Waals surface area contributed by atoms with Crippen LogP contribution in [0.25, 0.3) is 0 Å². The summed E-state index contributed by atoms with van der Waals surface area (Å²) in [6.45, 7) is 5.39. The van der Waals surface area contributed by atoms with E-state index in [2.05, 4.69) is 0 Å². The second kappa shape index (κ2) is 5.48. The van der Waals surface area contributed by atoms with Crippen LogP contribution in [-0.2, 0) is 9.53 Å². The lowest BCUT2D eigenvalue weighted by molar-refractivity contribution is -0.162. The van der Waals surface area contributed by atoms with Crippen LogP contribution in [0.15, 0.2) is 11.6 Å². The maximum absolute atomic E-state index is 11.5. The van der Waals surface area contributed by atoms with E-state index in [4.69, 9.17) is 4.74 Å². The van der Waals surface area contributed by atoms with E-state index >= 15 is 0 Å². The fraction of sp³-hybridized carbons (Fsp3) is 0.769. The Kier molecular flexibility index (Phi) is 4.54. The number of carbonyl (C=O) groups is 1. The maximum Gasteiger partial charge on any atom is 0.339 e. The van der Waals surface area contributed by atoms with Gasteiger partial charge in [-0.3, -0.25) is 0 Å². The molecule has 1 aliphatic rings. The minimum atomic E-state index is -1.10. The summed E-state index contributed by atoms with van der Waals surface area (Å²) in [5.74, 6) is -0.550. The standard InChI is InChI=1S/C13H22O3/c1-13(2,3)16-12(15)11(14)9-10-7-5-4-6-8-10/h9,11,14H,4-8H2,1-3H3. The van der Waals surface area contributed by atoms with E-state index in [-0.39, 0.29) is 0 Å². The van der Waals surface area contributed by atoms with Crippen LogP contribution in [0.2, 0.25) is 0 Å². The third-order valence-corrected chi connectivity index (χ3v) is 2.54. The molecule has 16 heavy (non-hydrogen) atoms. The molecule has 3 nitrogen and oxygen atoms in total. The second-order valence-electron chi connectivity index (χ2n) is 5.36. The van der Waals surface area contributed by atoms with Crippen molar-refractivity contribution in [3.63, 3.8) is 0 Å². The summed E-state index contributed by atoms with van der Waals surface area (Å²) in [6.07, 6.45) is 6.12. The van der Waals surface area contributed by atoms with Crippen LogP contribution < -0.4 is 0 Å². The molecule has 1 rings (SSSR count). The predicted molar refractivity (Wildman–Crippen MR) is 63.0 cm³/mol. The van der Waals surface area contributed by atoms with Gasteiger partial charge in [0.1, 0.15) is 5.60 Å². The van der Waals surface area contributed by atoms with E-state index in [9.17, 15) is 9.90 Å². The van der Waals surface area contributed by atoms with Crippen molar-refractivity contribution in [1.29, 1.82) is 0 Å². The number of aliphatic hydroxyl groups excluding tert-OH is 1. The molecule has 0 radical (unpaired) electrons. The van der Waals surface area contributed by atoms with Gasteiger partial charge in [-0.1, -0.05) is 12.0 Å². The fourth-order valence-electron chi connectivity index (χ4n) is 1.83. The van der Waals surface area contributed by atoms with Crippen LogP contribution >= 0.6 is 0 Å². The third kappa shape index (κ3) is 4.79. The van der Waals surface area contributed by atoms with E-state index in [0.29, 0.717) is 0 Å². The molecule has 0 aromatic rings. The Bertz CT molecular complexity index is 265. The molecule has 1 fully saturated rings. The lowest BCUT2D eigenvalue weighted by Gasteiger charge is -2.21. The Hall–Kier alpha value is -0.830. The molecular formula is C13H22O3. The summed E-state index contributed by atoms with van der Waals surface area (Å²) in [7, 11) is 0. The number of allylic oxidation sites excluding steroid dienone is 1. The zero-order valence-corrected chi connectivity index (χ0v) is 10.5. The Morgan fingerprint density at radius 3 is 2.38 bits per heavy atom. The van der Waals surface area contributed by atoms with E-state index in [1.807, 2.05) is 0 Å². The highest BCUT2D eigenvalue weighted by atomic mass is 16.6. The quantitative estimate of drug-likeness (QED) is 0.581. The van der Waals surface area contributed by atoms with Crippen molar-refractivity contribution < 1.29 is 14.6 Å². The van der Waals surface area contributed by atoms with Crippen molar-refractivity contribution in [3.8, 4) is 0 Å². The molecule has 0 aromatic carbocycles. The van der Waals surface area contributed by atoms with Gasteiger partial charge in [0.2, 0.25) is 0 Å². The average molecular weight is 226 g/mol. The van der Waals surface area contributed by atoms with Gasteiger partial charge in [0, 0.05) is 0 Å². The van der Waals surface area contributed by atoms with Crippen LogP contribution in [-0.4, -0.2) is 22.8 Å². The first-order chi connectivity index (χ1) is 7.38. The zero-order valence-electron chi connectivity index (χ0n) is 10.5. The van der Waals surface area contributed by atoms with Gasteiger partial charge < -0.3 is 9.84 Å².